The first-order chi connectivity index (χ1) is 17.7. The number of carbonyl (C=O) groups excluding carboxylic acids is 3. The number of methoxy groups -OCH3 is 1. The zero-order valence-corrected chi connectivity index (χ0v) is 20.6. The molecule has 0 atom stereocenters. The van der Waals surface area contributed by atoms with Crippen LogP contribution in [0, 0.1) is 24.0 Å². The number of barbiturate groups is 1. The molecule has 2 heterocycles. The van der Waals surface area contributed by atoms with Gasteiger partial charge in [-0.1, -0.05) is 12.1 Å². The summed E-state index contributed by atoms with van der Waals surface area (Å²) in [7, 11) is 1.41. The van der Waals surface area contributed by atoms with Crippen LogP contribution in [0.2, 0.25) is 0 Å². The van der Waals surface area contributed by atoms with Gasteiger partial charge >= 0.3 is 6.03 Å². The fraction of sp³-hybridized carbons (Fsp3) is 0.192. The molecule has 0 saturated carbocycles. The van der Waals surface area contributed by atoms with E-state index in [0.717, 1.165) is 10.6 Å². The molecular formula is C26H24N4O7. The molecule has 1 aromatic heterocycles. The maximum atomic E-state index is 13.4. The van der Waals surface area contributed by atoms with E-state index in [1.807, 2.05) is 6.92 Å². The molecule has 0 spiro atoms. The van der Waals surface area contributed by atoms with E-state index in [0.29, 0.717) is 29.3 Å². The molecule has 1 saturated heterocycles. The van der Waals surface area contributed by atoms with Crippen LogP contribution in [0.25, 0.3) is 11.8 Å². The van der Waals surface area contributed by atoms with Crippen molar-refractivity contribution in [2.45, 2.75) is 20.8 Å². The van der Waals surface area contributed by atoms with Crippen molar-refractivity contribution in [1.29, 1.82) is 0 Å². The first-order valence-corrected chi connectivity index (χ1v) is 11.3. The normalized spacial score (nSPS) is 14.6. The number of carbonyl (C=O) groups is 3. The molecule has 1 fully saturated rings. The molecule has 190 valence electrons. The lowest BCUT2D eigenvalue weighted by molar-refractivity contribution is -0.384. The van der Waals surface area contributed by atoms with Gasteiger partial charge in [-0.25, -0.2) is 9.69 Å². The minimum Gasteiger partial charge on any atom is -0.494 e. The van der Waals surface area contributed by atoms with Crippen molar-refractivity contribution < 1.29 is 28.8 Å². The number of benzene rings is 2. The lowest BCUT2D eigenvalue weighted by Crippen LogP contribution is -2.54. The molecule has 1 N–H and O–H groups in total. The van der Waals surface area contributed by atoms with Gasteiger partial charge < -0.3 is 14.0 Å². The fourth-order valence-electron chi connectivity index (χ4n) is 4.22. The van der Waals surface area contributed by atoms with Gasteiger partial charge in [-0.05, 0) is 56.7 Å². The fourth-order valence-corrected chi connectivity index (χ4v) is 4.22. The Kier molecular flexibility index (Phi) is 6.79. The number of hydrogen-bond acceptors (Lipinski definition) is 7. The summed E-state index contributed by atoms with van der Waals surface area (Å²) >= 11 is 0. The van der Waals surface area contributed by atoms with Gasteiger partial charge in [-0.15, -0.1) is 0 Å². The molecule has 0 radical (unpaired) electrons. The van der Waals surface area contributed by atoms with Gasteiger partial charge in [0.1, 0.15) is 17.1 Å². The number of hydrogen-bond donors (Lipinski definition) is 1. The number of urea groups is 1. The van der Waals surface area contributed by atoms with Gasteiger partial charge in [0.15, 0.2) is 0 Å². The van der Waals surface area contributed by atoms with Gasteiger partial charge in [-0.2, -0.15) is 0 Å². The summed E-state index contributed by atoms with van der Waals surface area (Å²) < 4.78 is 12.7. The molecule has 37 heavy (non-hydrogen) atoms. The zero-order chi connectivity index (χ0) is 26.9. The van der Waals surface area contributed by atoms with Crippen molar-refractivity contribution in [3.63, 3.8) is 0 Å². The van der Waals surface area contributed by atoms with Gasteiger partial charge in [0.05, 0.1) is 36.1 Å². The number of imide groups is 2. The highest BCUT2D eigenvalue weighted by atomic mass is 16.6. The number of anilines is 1. The Morgan fingerprint density at radius 2 is 1.76 bits per heavy atom. The van der Waals surface area contributed by atoms with E-state index in [1.54, 1.807) is 54.8 Å². The third kappa shape index (κ3) is 4.54. The second-order valence-corrected chi connectivity index (χ2v) is 8.13. The van der Waals surface area contributed by atoms with Gasteiger partial charge in [0, 0.05) is 17.5 Å². The highest BCUT2D eigenvalue weighted by molar-refractivity contribution is 6.39. The number of para-hydroxylation sites is 2. The summed E-state index contributed by atoms with van der Waals surface area (Å²) in [4.78, 5) is 50.3. The summed E-state index contributed by atoms with van der Waals surface area (Å²) in [6, 6.07) is 11.7. The van der Waals surface area contributed by atoms with E-state index in [4.69, 9.17) is 9.47 Å². The topological polar surface area (TPSA) is 133 Å². The Hall–Kier alpha value is -4.93. The monoisotopic (exact) mass is 504 g/mol. The Morgan fingerprint density at radius 3 is 2.43 bits per heavy atom. The van der Waals surface area contributed by atoms with Crippen molar-refractivity contribution in [1.82, 2.24) is 9.88 Å². The van der Waals surface area contributed by atoms with E-state index in [1.165, 1.54) is 25.3 Å². The van der Waals surface area contributed by atoms with Crippen molar-refractivity contribution >= 4 is 35.3 Å². The molecular weight excluding hydrogens is 480 g/mol. The maximum Gasteiger partial charge on any atom is 0.336 e. The summed E-state index contributed by atoms with van der Waals surface area (Å²) in [5.41, 5.74) is 2.34. The SMILES string of the molecule is CCOc1ccccc1N1C(=O)NC(=O)/C(=C\c2cc(C)n(-c3ccc([N+](=O)[O-])cc3OC)c2C)C1=O. The van der Waals surface area contributed by atoms with Gasteiger partial charge in [-0.3, -0.25) is 25.0 Å². The molecule has 4 rings (SSSR count). The average molecular weight is 504 g/mol. The Balaban J connectivity index is 1.79. The number of non-ortho nitro benzene ring substituents is 1. The first-order valence-electron chi connectivity index (χ1n) is 11.3. The lowest BCUT2D eigenvalue weighted by atomic mass is 10.1. The third-order valence-electron chi connectivity index (χ3n) is 5.89. The first kappa shape index (κ1) is 25.2. The summed E-state index contributed by atoms with van der Waals surface area (Å²) in [5, 5.41) is 13.4. The quantitative estimate of drug-likeness (QED) is 0.222. The van der Waals surface area contributed by atoms with Crippen molar-refractivity contribution in [2.24, 2.45) is 0 Å². The minimum atomic E-state index is -0.875. The highest BCUT2D eigenvalue weighted by Gasteiger charge is 2.38. The molecule has 3 aromatic rings. The van der Waals surface area contributed by atoms with E-state index in [9.17, 15) is 24.5 Å². The van der Waals surface area contributed by atoms with Crippen LogP contribution in [0.15, 0.2) is 54.1 Å². The zero-order valence-electron chi connectivity index (χ0n) is 20.6. The highest BCUT2D eigenvalue weighted by Crippen LogP contribution is 2.34. The van der Waals surface area contributed by atoms with E-state index < -0.39 is 22.8 Å². The predicted octanol–water partition coefficient (Wildman–Crippen LogP) is 4.08. The molecule has 2 aromatic carbocycles. The van der Waals surface area contributed by atoms with Crippen LogP contribution in [0.4, 0.5) is 16.2 Å². The minimum absolute atomic E-state index is 0.119. The Bertz CT molecular complexity index is 1470. The standard InChI is InChI=1S/C26H24N4O7/c1-5-37-22-9-7-6-8-20(22)29-25(32)19(24(31)27-26(29)33)13-17-12-15(2)28(16(17)3)21-11-10-18(30(34)35)14-23(21)36-4/h6-14H,5H2,1-4H3,(H,27,31,33)/b19-13+. The second-order valence-electron chi connectivity index (χ2n) is 8.13. The molecule has 11 nitrogen and oxygen atoms in total. The molecule has 4 amide bonds. The van der Waals surface area contributed by atoms with Crippen LogP contribution in [0.3, 0.4) is 0 Å². The van der Waals surface area contributed by atoms with E-state index in [2.05, 4.69) is 5.32 Å². The molecule has 0 unspecified atom stereocenters. The molecule has 0 bridgehead atoms. The van der Waals surface area contributed by atoms with Crippen molar-refractivity contribution in [3.8, 4) is 17.2 Å². The number of amides is 4. The van der Waals surface area contributed by atoms with Crippen molar-refractivity contribution in [2.75, 3.05) is 18.6 Å². The smallest absolute Gasteiger partial charge is 0.336 e. The number of ether oxygens (including phenoxy) is 2. The maximum absolute atomic E-state index is 13.4. The van der Waals surface area contributed by atoms with Crippen LogP contribution in [0.5, 0.6) is 11.5 Å². The van der Waals surface area contributed by atoms with Crippen LogP contribution in [-0.4, -0.2) is 41.1 Å². The second kappa shape index (κ2) is 9.97. The lowest BCUT2D eigenvalue weighted by Gasteiger charge is -2.27. The number of aromatic nitrogens is 1. The van der Waals surface area contributed by atoms with Crippen LogP contribution in [-0.2, 0) is 9.59 Å². The molecule has 0 aliphatic carbocycles. The number of nitrogens with one attached hydrogen (secondary N) is 1. The summed E-state index contributed by atoms with van der Waals surface area (Å²) in [6.07, 6.45) is 1.41. The Morgan fingerprint density at radius 1 is 1.03 bits per heavy atom. The largest absolute Gasteiger partial charge is 0.494 e. The predicted molar refractivity (Wildman–Crippen MR) is 135 cm³/mol. The van der Waals surface area contributed by atoms with E-state index >= 15 is 0 Å². The summed E-state index contributed by atoms with van der Waals surface area (Å²) in [6.45, 7) is 5.69. The van der Waals surface area contributed by atoms with Gasteiger partial charge in [0.25, 0.3) is 17.5 Å². The number of nitro groups is 1. The average Bonchev–Trinajstić information content (AvgIpc) is 3.14. The number of nitro benzene ring substituents is 1. The van der Waals surface area contributed by atoms with Crippen LogP contribution >= 0.6 is 0 Å². The van der Waals surface area contributed by atoms with Crippen LogP contribution in [0.1, 0.15) is 23.9 Å². The number of nitrogens with zero attached hydrogens (tertiary/aromatic N) is 3. The van der Waals surface area contributed by atoms with Crippen LogP contribution < -0.4 is 19.7 Å². The third-order valence-corrected chi connectivity index (χ3v) is 5.89. The number of aryl methyl sites for hydroxylation is 1. The summed E-state index contributed by atoms with van der Waals surface area (Å²) in [5.74, 6) is -1.01. The Labute approximate surface area is 212 Å². The number of rotatable bonds is 7. The van der Waals surface area contributed by atoms with Crippen molar-refractivity contribution in [3.05, 3.63) is 81.2 Å². The van der Waals surface area contributed by atoms with E-state index in [-0.39, 0.29) is 22.7 Å². The molecule has 11 heteroatoms. The van der Waals surface area contributed by atoms with Gasteiger partial charge in [0.2, 0.25) is 0 Å². The molecule has 1 aliphatic rings. The molecule has 1 aliphatic heterocycles.